The number of aromatic nitrogens is 1. The number of nitrogens with zero attached hydrogens (tertiary/aromatic N) is 1. The Kier molecular flexibility index (Phi) is 1.89. The lowest BCUT2D eigenvalue weighted by atomic mass is 10.3. The van der Waals surface area contributed by atoms with Crippen LogP contribution in [0.25, 0.3) is 5.52 Å². The van der Waals surface area contributed by atoms with Crippen molar-refractivity contribution in [1.82, 2.24) is 4.40 Å². The minimum absolute atomic E-state index is 0.445. The number of hydrogen-bond donors (Lipinski definition) is 1. The second kappa shape index (κ2) is 3.06. The lowest BCUT2D eigenvalue weighted by Gasteiger charge is -2.01. The molecule has 2 N–H and O–H groups in total. The first-order valence-corrected chi connectivity index (χ1v) is 4.21. The summed E-state index contributed by atoms with van der Waals surface area (Å²) in [5, 5.41) is 0. The summed E-state index contributed by atoms with van der Waals surface area (Å²) < 4.78 is 6.63. The number of rotatable bonds is 1. The normalized spacial score (nSPS) is 10.4. The highest BCUT2D eigenvalue weighted by Gasteiger charge is 2.00. The van der Waals surface area contributed by atoms with Crippen molar-refractivity contribution in [2.75, 3.05) is 0 Å². The Morgan fingerprint density at radius 3 is 2.93 bits per heavy atom. The first kappa shape index (κ1) is 8.62. The molecule has 0 aromatic carbocycles. The van der Waals surface area contributed by atoms with E-state index in [1.807, 2.05) is 29.7 Å². The van der Waals surface area contributed by atoms with Crippen molar-refractivity contribution in [1.29, 1.82) is 0 Å². The molecule has 4 nitrogen and oxygen atoms in total. The van der Waals surface area contributed by atoms with Crippen molar-refractivity contribution in [2.45, 2.75) is 6.92 Å². The second-order valence-electron chi connectivity index (χ2n) is 3.14. The number of nitrogens with two attached hydrogens (primary N) is 1. The highest BCUT2D eigenvalue weighted by atomic mass is 16.5. The van der Waals surface area contributed by atoms with Gasteiger partial charge < -0.3 is 14.9 Å². The maximum atomic E-state index is 10.5. The topological polar surface area (TPSA) is 56.7 Å². The van der Waals surface area contributed by atoms with Crippen molar-refractivity contribution >= 4 is 11.6 Å². The zero-order valence-electron chi connectivity index (χ0n) is 7.73. The third-order valence-electron chi connectivity index (χ3n) is 1.92. The molecule has 72 valence electrons. The predicted molar refractivity (Wildman–Crippen MR) is 52.3 cm³/mol. The van der Waals surface area contributed by atoms with E-state index in [2.05, 4.69) is 0 Å². The fourth-order valence-electron chi connectivity index (χ4n) is 1.41. The molecule has 0 bridgehead atoms. The Morgan fingerprint density at radius 2 is 2.21 bits per heavy atom. The quantitative estimate of drug-likeness (QED) is 0.744. The maximum absolute atomic E-state index is 10.5. The van der Waals surface area contributed by atoms with Gasteiger partial charge in [0.25, 0.3) is 0 Å². The van der Waals surface area contributed by atoms with Crippen LogP contribution in [0.4, 0.5) is 4.79 Å². The van der Waals surface area contributed by atoms with E-state index in [-0.39, 0.29) is 0 Å². The lowest BCUT2D eigenvalue weighted by Crippen LogP contribution is -2.16. The maximum Gasteiger partial charge on any atom is 0.410 e. The summed E-state index contributed by atoms with van der Waals surface area (Å²) in [5.74, 6) is 0.445. The number of carbonyl (C=O) groups excluding carboxylic acids is 1. The van der Waals surface area contributed by atoms with Gasteiger partial charge in [0.05, 0.1) is 6.20 Å². The average molecular weight is 190 g/mol. The zero-order chi connectivity index (χ0) is 10.1. The van der Waals surface area contributed by atoms with E-state index in [4.69, 9.17) is 10.5 Å². The molecule has 2 aromatic rings. The van der Waals surface area contributed by atoms with E-state index >= 15 is 0 Å². The van der Waals surface area contributed by atoms with E-state index in [1.165, 1.54) is 0 Å². The summed E-state index contributed by atoms with van der Waals surface area (Å²) in [4.78, 5) is 10.5. The van der Waals surface area contributed by atoms with Crippen LogP contribution in [-0.2, 0) is 0 Å². The highest BCUT2D eigenvalue weighted by molar-refractivity contribution is 5.68. The molecule has 0 saturated heterocycles. The van der Waals surface area contributed by atoms with E-state index in [0.717, 1.165) is 11.1 Å². The monoisotopic (exact) mass is 190 g/mol. The van der Waals surface area contributed by atoms with Crippen LogP contribution in [0, 0.1) is 6.92 Å². The predicted octanol–water partition coefficient (Wildman–Crippen LogP) is 1.71. The van der Waals surface area contributed by atoms with Gasteiger partial charge in [-0.15, -0.1) is 0 Å². The highest BCUT2D eigenvalue weighted by Crippen LogP contribution is 2.15. The van der Waals surface area contributed by atoms with E-state index in [1.54, 1.807) is 12.3 Å². The van der Waals surface area contributed by atoms with Crippen molar-refractivity contribution in [3.8, 4) is 5.75 Å². The zero-order valence-corrected chi connectivity index (χ0v) is 7.73. The third-order valence-corrected chi connectivity index (χ3v) is 1.92. The molecule has 0 saturated carbocycles. The van der Waals surface area contributed by atoms with Crippen LogP contribution in [0.15, 0.2) is 30.6 Å². The molecule has 0 aliphatic rings. The number of aryl methyl sites for hydroxylation is 1. The fraction of sp³-hybridized carbons (Fsp3) is 0.100. The number of pyridine rings is 1. The molecule has 0 radical (unpaired) electrons. The molecule has 1 amide bonds. The van der Waals surface area contributed by atoms with Gasteiger partial charge in [-0.2, -0.15) is 0 Å². The Labute approximate surface area is 80.9 Å². The van der Waals surface area contributed by atoms with E-state index < -0.39 is 6.09 Å². The van der Waals surface area contributed by atoms with Crippen molar-refractivity contribution in [3.63, 3.8) is 0 Å². The Bertz CT molecular complexity index is 488. The molecule has 4 heteroatoms. The molecular formula is C10H10N2O2. The standard InChI is InChI=1S/C10H10N2O2/c1-7-4-8-2-3-9(14-10(11)13)6-12(8)5-7/h2-6H,1H3,(H2,11,13). The number of ether oxygens (including phenoxy) is 1. The molecule has 2 heterocycles. The van der Waals surface area contributed by atoms with Crippen molar-refractivity contribution in [3.05, 3.63) is 36.2 Å². The van der Waals surface area contributed by atoms with Crippen LogP contribution in [-0.4, -0.2) is 10.5 Å². The van der Waals surface area contributed by atoms with Gasteiger partial charge in [-0.05, 0) is 30.7 Å². The summed E-state index contributed by atoms with van der Waals surface area (Å²) in [6.07, 6.45) is 2.87. The van der Waals surface area contributed by atoms with Crippen LogP contribution in [0.3, 0.4) is 0 Å². The van der Waals surface area contributed by atoms with Crippen LogP contribution in [0.5, 0.6) is 5.75 Å². The Hall–Kier alpha value is -1.97. The molecule has 2 aromatic heterocycles. The summed E-state index contributed by atoms with van der Waals surface area (Å²) in [6.45, 7) is 2.00. The van der Waals surface area contributed by atoms with Gasteiger partial charge in [0.2, 0.25) is 0 Å². The van der Waals surface area contributed by atoms with E-state index in [0.29, 0.717) is 5.75 Å². The molecule has 0 atom stereocenters. The first-order chi connectivity index (χ1) is 6.65. The van der Waals surface area contributed by atoms with Gasteiger partial charge >= 0.3 is 6.09 Å². The van der Waals surface area contributed by atoms with Crippen LogP contribution in [0.2, 0.25) is 0 Å². The molecular weight excluding hydrogens is 180 g/mol. The minimum atomic E-state index is -0.798. The smallest absolute Gasteiger partial charge is 0.409 e. The number of hydrogen-bond acceptors (Lipinski definition) is 2. The van der Waals surface area contributed by atoms with Gasteiger partial charge in [-0.25, -0.2) is 4.79 Å². The third kappa shape index (κ3) is 1.54. The van der Waals surface area contributed by atoms with Crippen molar-refractivity contribution < 1.29 is 9.53 Å². The van der Waals surface area contributed by atoms with Crippen LogP contribution >= 0.6 is 0 Å². The molecule has 0 aliphatic carbocycles. The fourth-order valence-corrected chi connectivity index (χ4v) is 1.41. The Balaban J connectivity index is 2.45. The lowest BCUT2D eigenvalue weighted by molar-refractivity contribution is 0.210. The van der Waals surface area contributed by atoms with Crippen molar-refractivity contribution in [2.24, 2.45) is 5.73 Å². The average Bonchev–Trinajstić information content (AvgIpc) is 2.42. The summed E-state index contributed by atoms with van der Waals surface area (Å²) >= 11 is 0. The molecule has 0 spiro atoms. The van der Waals surface area contributed by atoms with Gasteiger partial charge in [0, 0.05) is 11.7 Å². The van der Waals surface area contributed by atoms with Gasteiger partial charge in [-0.3, -0.25) is 0 Å². The van der Waals surface area contributed by atoms with Gasteiger partial charge in [0.15, 0.2) is 0 Å². The summed E-state index contributed by atoms with van der Waals surface area (Å²) in [5.41, 5.74) is 7.11. The molecule has 14 heavy (non-hydrogen) atoms. The van der Waals surface area contributed by atoms with Crippen LogP contribution in [0.1, 0.15) is 5.56 Å². The molecule has 2 rings (SSSR count). The second-order valence-corrected chi connectivity index (χ2v) is 3.14. The van der Waals surface area contributed by atoms with Crippen LogP contribution < -0.4 is 10.5 Å². The van der Waals surface area contributed by atoms with Gasteiger partial charge in [-0.1, -0.05) is 0 Å². The number of amides is 1. The molecule has 0 unspecified atom stereocenters. The number of primary amides is 1. The Morgan fingerprint density at radius 1 is 1.43 bits per heavy atom. The van der Waals surface area contributed by atoms with Gasteiger partial charge in [0.1, 0.15) is 5.75 Å². The molecule has 0 aliphatic heterocycles. The minimum Gasteiger partial charge on any atom is -0.409 e. The summed E-state index contributed by atoms with van der Waals surface area (Å²) in [7, 11) is 0. The molecule has 0 fully saturated rings. The van der Waals surface area contributed by atoms with E-state index in [9.17, 15) is 4.79 Å². The summed E-state index contributed by atoms with van der Waals surface area (Å²) in [6, 6.07) is 5.61. The SMILES string of the molecule is Cc1cc2ccc(OC(N)=O)cn2c1. The number of fused-ring (bicyclic) bond motifs is 1. The largest absolute Gasteiger partial charge is 0.410 e. The first-order valence-electron chi connectivity index (χ1n) is 4.21. The number of carbonyl (C=O) groups is 1.